The van der Waals surface area contributed by atoms with Crippen molar-refractivity contribution in [2.75, 3.05) is 13.7 Å². The van der Waals surface area contributed by atoms with Crippen LogP contribution in [0.5, 0.6) is 11.5 Å². The summed E-state index contributed by atoms with van der Waals surface area (Å²) >= 11 is 1.67. The highest BCUT2D eigenvalue weighted by molar-refractivity contribution is 7.11. The van der Waals surface area contributed by atoms with Gasteiger partial charge in [-0.3, -0.25) is 0 Å². The van der Waals surface area contributed by atoms with E-state index in [9.17, 15) is 0 Å². The summed E-state index contributed by atoms with van der Waals surface area (Å²) in [6.07, 6.45) is 1.79. The Morgan fingerprint density at radius 1 is 1.37 bits per heavy atom. The first-order valence-corrected chi connectivity index (χ1v) is 7.11. The van der Waals surface area contributed by atoms with Crippen molar-refractivity contribution < 1.29 is 9.47 Å². The Kier molecular flexibility index (Phi) is 3.40. The van der Waals surface area contributed by atoms with Gasteiger partial charge in [0, 0.05) is 17.1 Å². The van der Waals surface area contributed by atoms with E-state index in [4.69, 9.17) is 9.47 Å². The molecule has 3 rings (SSSR count). The van der Waals surface area contributed by atoms with Crippen LogP contribution in [0.25, 0.3) is 0 Å². The summed E-state index contributed by atoms with van der Waals surface area (Å²) in [5.74, 6) is 1.59. The highest BCUT2D eigenvalue weighted by atomic mass is 32.1. The number of nitrogens with zero attached hydrogens (tertiary/aromatic N) is 1. The maximum atomic E-state index is 5.95. The molecule has 0 bridgehead atoms. The van der Waals surface area contributed by atoms with Gasteiger partial charge in [0.1, 0.15) is 11.6 Å². The lowest BCUT2D eigenvalue weighted by molar-refractivity contribution is 0.0911. The van der Waals surface area contributed by atoms with Gasteiger partial charge in [-0.2, -0.15) is 0 Å². The fraction of sp³-hybridized carbons (Fsp3) is 0.357. The molecule has 1 aliphatic heterocycles. The molecular weight excluding hydrogens is 260 g/mol. The van der Waals surface area contributed by atoms with Crippen molar-refractivity contribution in [2.45, 2.75) is 19.1 Å². The minimum Gasteiger partial charge on any atom is -0.485 e. The monoisotopic (exact) mass is 276 g/mol. The van der Waals surface area contributed by atoms with E-state index < -0.39 is 0 Å². The van der Waals surface area contributed by atoms with E-state index in [1.54, 1.807) is 11.3 Å². The number of thiazole rings is 1. The number of hydrogen-bond donors (Lipinski definition) is 1. The number of hydrogen-bond acceptors (Lipinski definition) is 5. The third-order valence-electron chi connectivity index (χ3n) is 3.19. The number of benzene rings is 1. The fourth-order valence-electron chi connectivity index (χ4n) is 1.93. The third kappa shape index (κ3) is 2.43. The molecule has 2 unspecified atom stereocenters. The summed E-state index contributed by atoms with van der Waals surface area (Å²) in [5.41, 5.74) is 0. The third-order valence-corrected chi connectivity index (χ3v) is 4.46. The molecule has 19 heavy (non-hydrogen) atoms. The summed E-state index contributed by atoms with van der Waals surface area (Å²) in [4.78, 5) is 5.66. The largest absolute Gasteiger partial charge is 0.485 e. The number of nitrogens with one attached hydrogen (secondary N) is 1. The van der Waals surface area contributed by atoms with E-state index in [1.165, 1.54) is 4.88 Å². The van der Waals surface area contributed by atoms with Crippen molar-refractivity contribution in [2.24, 2.45) is 0 Å². The Morgan fingerprint density at radius 2 is 2.16 bits per heavy atom. The van der Waals surface area contributed by atoms with E-state index >= 15 is 0 Å². The first-order chi connectivity index (χ1) is 9.28. The summed E-state index contributed by atoms with van der Waals surface area (Å²) in [6, 6.07) is 8.04. The molecule has 2 aromatic rings. The van der Waals surface area contributed by atoms with Crippen LogP contribution in [-0.2, 0) is 0 Å². The van der Waals surface area contributed by atoms with Crippen molar-refractivity contribution in [3.8, 4) is 11.5 Å². The van der Waals surface area contributed by atoms with Gasteiger partial charge in [0.2, 0.25) is 0 Å². The van der Waals surface area contributed by atoms with Crippen LogP contribution in [0.3, 0.4) is 0 Å². The second-order valence-electron chi connectivity index (χ2n) is 4.48. The van der Waals surface area contributed by atoms with Gasteiger partial charge < -0.3 is 14.8 Å². The number of fused-ring (bicyclic) bond motifs is 1. The van der Waals surface area contributed by atoms with E-state index in [0.29, 0.717) is 12.6 Å². The molecule has 1 N–H and O–H groups in total. The Morgan fingerprint density at radius 3 is 2.95 bits per heavy atom. The molecule has 1 aliphatic rings. The zero-order valence-corrected chi connectivity index (χ0v) is 11.7. The van der Waals surface area contributed by atoms with Gasteiger partial charge in [-0.25, -0.2) is 4.98 Å². The van der Waals surface area contributed by atoms with Crippen LogP contribution in [0.2, 0.25) is 0 Å². The highest BCUT2D eigenvalue weighted by Gasteiger charge is 2.25. The van der Waals surface area contributed by atoms with E-state index in [0.717, 1.165) is 16.5 Å². The van der Waals surface area contributed by atoms with Gasteiger partial charge in [0.25, 0.3) is 0 Å². The van der Waals surface area contributed by atoms with Crippen LogP contribution in [0, 0.1) is 0 Å². The second kappa shape index (κ2) is 5.19. The van der Waals surface area contributed by atoms with Crippen molar-refractivity contribution in [3.05, 3.63) is 40.3 Å². The molecule has 1 aromatic carbocycles. The molecule has 0 amide bonds. The van der Waals surface area contributed by atoms with Gasteiger partial charge in [-0.05, 0) is 26.1 Å². The number of para-hydroxylation sites is 2. The minimum absolute atomic E-state index is 0.113. The lowest BCUT2D eigenvalue weighted by Crippen LogP contribution is -2.21. The van der Waals surface area contributed by atoms with Gasteiger partial charge in [-0.15, -0.1) is 11.3 Å². The second-order valence-corrected chi connectivity index (χ2v) is 5.57. The van der Waals surface area contributed by atoms with Gasteiger partial charge in [0.05, 0.1) is 0 Å². The SMILES string of the molecule is CNC(C)c1cnc(C2COc3ccccc3O2)s1. The zero-order valence-electron chi connectivity index (χ0n) is 10.9. The molecule has 0 aliphatic carbocycles. The molecule has 5 heteroatoms. The molecule has 0 saturated carbocycles. The minimum atomic E-state index is -0.113. The van der Waals surface area contributed by atoms with E-state index in [-0.39, 0.29) is 6.10 Å². The Balaban J connectivity index is 1.79. The van der Waals surface area contributed by atoms with Gasteiger partial charge in [0.15, 0.2) is 17.6 Å². The zero-order chi connectivity index (χ0) is 13.2. The highest BCUT2D eigenvalue weighted by Crippen LogP contribution is 2.37. The molecule has 4 nitrogen and oxygen atoms in total. The predicted molar refractivity (Wildman–Crippen MR) is 74.9 cm³/mol. The molecule has 0 spiro atoms. The standard InChI is InChI=1S/C14H16N2O2S/c1-9(15-2)13-7-16-14(19-13)12-8-17-10-5-3-4-6-11(10)18-12/h3-7,9,12,15H,8H2,1-2H3. The molecule has 2 atom stereocenters. The maximum Gasteiger partial charge on any atom is 0.184 e. The van der Waals surface area contributed by atoms with Crippen LogP contribution < -0.4 is 14.8 Å². The molecular formula is C14H16N2O2S. The maximum absolute atomic E-state index is 5.95. The van der Waals surface area contributed by atoms with Gasteiger partial charge >= 0.3 is 0 Å². The topological polar surface area (TPSA) is 43.4 Å². The number of ether oxygens (including phenoxy) is 2. The van der Waals surface area contributed by atoms with Crippen LogP contribution in [0.15, 0.2) is 30.5 Å². The summed E-state index contributed by atoms with van der Waals surface area (Å²) in [7, 11) is 1.94. The van der Waals surface area contributed by atoms with Crippen LogP contribution >= 0.6 is 11.3 Å². The summed E-state index contributed by atoms with van der Waals surface area (Å²) in [6.45, 7) is 2.63. The summed E-state index contributed by atoms with van der Waals surface area (Å²) in [5, 5.41) is 4.18. The van der Waals surface area contributed by atoms with Crippen molar-refractivity contribution >= 4 is 11.3 Å². The fourth-order valence-corrected chi connectivity index (χ4v) is 2.93. The average Bonchev–Trinajstić information content (AvgIpc) is 2.95. The van der Waals surface area contributed by atoms with Crippen molar-refractivity contribution in [3.63, 3.8) is 0 Å². The Hall–Kier alpha value is -1.59. The number of aromatic nitrogens is 1. The van der Waals surface area contributed by atoms with Crippen LogP contribution in [0.1, 0.15) is 29.0 Å². The number of rotatable bonds is 3. The molecule has 2 heterocycles. The van der Waals surface area contributed by atoms with Crippen LogP contribution in [-0.4, -0.2) is 18.6 Å². The Bertz CT molecular complexity index is 570. The summed E-state index contributed by atoms with van der Waals surface area (Å²) < 4.78 is 11.7. The van der Waals surface area contributed by atoms with Crippen molar-refractivity contribution in [1.29, 1.82) is 0 Å². The first kappa shape index (κ1) is 12.4. The quantitative estimate of drug-likeness (QED) is 0.936. The van der Waals surface area contributed by atoms with E-state index in [2.05, 4.69) is 17.2 Å². The predicted octanol–water partition coefficient (Wildman–Crippen LogP) is 2.94. The normalized spacial score (nSPS) is 19.2. The molecule has 0 saturated heterocycles. The Labute approximate surface area is 116 Å². The van der Waals surface area contributed by atoms with Gasteiger partial charge in [-0.1, -0.05) is 12.1 Å². The van der Waals surface area contributed by atoms with Crippen LogP contribution in [0.4, 0.5) is 0 Å². The molecule has 1 aromatic heterocycles. The molecule has 0 radical (unpaired) electrons. The average molecular weight is 276 g/mol. The lowest BCUT2D eigenvalue weighted by Gasteiger charge is -2.24. The molecule has 0 fully saturated rings. The lowest BCUT2D eigenvalue weighted by atomic mass is 10.2. The van der Waals surface area contributed by atoms with Crippen molar-refractivity contribution in [1.82, 2.24) is 10.3 Å². The molecule has 100 valence electrons. The first-order valence-electron chi connectivity index (χ1n) is 6.29. The smallest absolute Gasteiger partial charge is 0.184 e. The van der Waals surface area contributed by atoms with E-state index in [1.807, 2.05) is 37.5 Å².